The smallest absolute Gasteiger partial charge is 0.311 e. The lowest BCUT2D eigenvalue weighted by Crippen LogP contribution is -2.57. The molecular formula is C21H38O4. The molecule has 0 aromatic carbocycles. The van der Waals surface area contributed by atoms with Crippen molar-refractivity contribution in [3.05, 3.63) is 0 Å². The number of unbranched alkanes of at least 4 members (excludes halogenated alkanes) is 6. The largest absolute Gasteiger partial charge is 0.481 e. The topological polar surface area (TPSA) is 74.6 Å². The van der Waals surface area contributed by atoms with Gasteiger partial charge in [-0.15, -0.1) is 0 Å². The molecule has 1 saturated carbocycles. The van der Waals surface area contributed by atoms with Crippen LogP contribution >= 0.6 is 0 Å². The van der Waals surface area contributed by atoms with E-state index in [-0.39, 0.29) is 5.92 Å². The zero-order chi connectivity index (χ0) is 18.9. The van der Waals surface area contributed by atoms with Crippen molar-refractivity contribution in [3.63, 3.8) is 0 Å². The van der Waals surface area contributed by atoms with Crippen molar-refractivity contribution in [1.29, 1.82) is 0 Å². The van der Waals surface area contributed by atoms with Crippen molar-refractivity contribution in [1.82, 2.24) is 0 Å². The Labute approximate surface area is 153 Å². The fraction of sp³-hybridized carbons (Fsp3) is 0.905. The summed E-state index contributed by atoms with van der Waals surface area (Å²) in [4.78, 5) is 24.6. The molecule has 1 aliphatic rings. The molecule has 3 unspecified atom stereocenters. The van der Waals surface area contributed by atoms with Crippen LogP contribution < -0.4 is 0 Å². The van der Waals surface area contributed by atoms with E-state index in [1.54, 1.807) is 6.92 Å². The molecule has 2 N–H and O–H groups in total. The first-order valence-electron chi connectivity index (χ1n) is 10.3. The van der Waals surface area contributed by atoms with Gasteiger partial charge in [-0.25, -0.2) is 0 Å². The number of rotatable bonds is 12. The molecule has 146 valence electrons. The van der Waals surface area contributed by atoms with E-state index in [0.29, 0.717) is 12.8 Å². The van der Waals surface area contributed by atoms with E-state index in [1.807, 2.05) is 0 Å². The minimum absolute atomic E-state index is 0.0154. The van der Waals surface area contributed by atoms with Crippen molar-refractivity contribution >= 4 is 11.9 Å². The van der Waals surface area contributed by atoms with Gasteiger partial charge in [0.15, 0.2) is 0 Å². The molecule has 4 nitrogen and oxygen atoms in total. The summed E-state index contributed by atoms with van der Waals surface area (Å²) in [5.41, 5.74) is -2.27. The summed E-state index contributed by atoms with van der Waals surface area (Å²) in [6.07, 6.45) is 11.9. The lowest BCUT2D eigenvalue weighted by Gasteiger charge is -2.51. The van der Waals surface area contributed by atoms with Gasteiger partial charge >= 0.3 is 11.9 Å². The van der Waals surface area contributed by atoms with Crippen molar-refractivity contribution in [2.24, 2.45) is 16.7 Å². The lowest BCUT2D eigenvalue weighted by atomic mass is 9.49. The minimum Gasteiger partial charge on any atom is -0.481 e. The van der Waals surface area contributed by atoms with Crippen LogP contribution in [0.5, 0.6) is 0 Å². The second kappa shape index (κ2) is 10.2. The van der Waals surface area contributed by atoms with E-state index in [0.717, 1.165) is 64.2 Å². The number of carbonyl (C=O) groups is 2. The monoisotopic (exact) mass is 354 g/mol. The molecule has 0 amide bonds. The van der Waals surface area contributed by atoms with E-state index in [9.17, 15) is 19.8 Å². The van der Waals surface area contributed by atoms with Gasteiger partial charge in [-0.1, -0.05) is 71.6 Å². The average Bonchev–Trinajstić information content (AvgIpc) is 2.57. The molecule has 3 atom stereocenters. The van der Waals surface area contributed by atoms with Crippen molar-refractivity contribution in [2.45, 2.75) is 104 Å². The van der Waals surface area contributed by atoms with Crippen LogP contribution in [0.3, 0.4) is 0 Å². The van der Waals surface area contributed by atoms with Crippen LogP contribution in [0.25, 0.3) is 0 Å². The summed E-state index contributed by atoms with van der Waals surface area (Å²) in [6.45, 7) is 5.99. The van der Waals surface area contributed by atoms with Crippen LogP contribution in [0, 0.1) is 16.7 Å². The molecule has 0 aromatic rings. The molecule has 1 rings (SSSR count). The first-order valence-corrected chi connectivity index (χ1v) is 10.3. The van der Waals surface area contributed by atoms with E-state index < -0.39 is 22.8 Å². The van der Waals surface area contributed by atoms with Gasteiger partial charge in [0.2, 0.25) is 0 Å². The molecular weight excluding hydrogens is 316 g/mol. The second-order valence-electron chi connectivity index (χ2n) is 8.16. The third-order valence-corrected chi connectivity index (χ3v) is 6.60. The Morgan fingerprint density at radius 1 is 0.920 bits per heavy atom. The normalized spacial score (nSPS) is 29.5. The van der Waals surface area contributed by atoms with Crippen LogP contribution in [-0.2, 0) is 9.59 Å². The highest BCUT2D eigenvalue weighted by molar-refractivity contribution is 5.87. The number of aliphatic carboxylic acids is 2. The molecule has 0 spiro atoms. The molecule has 0 saturated heterocycles. The van der Waals surface area contributed by atoms with Gasteiger partial charge in [-0.05, 0) is 38.5 Å². The van der Waals surface area contributed by atoms with E-state index >= 15 is 0 Å². The van der Waals surface area contributed by atoms with Gasteiger partial charge in [0.25, 0.3) is 0 Å². The van der Waals surface area contributed by atoms with Crippen LogP contribution in [0.15, 0.2) is 0 Å². The average molecular weight is 355 g/mol. The van der Waals surface area contributed by atoms with Gasteiger partial charge in [-0.2, -0.15) is 0 Å². The maximum Gasteiger partial charge on any atom is 0.311 e. The predicted molar refractivity (Wildman–Crippen MR) is 101 cm³/mol. The van der Waals surface area contributed by atoms with Crippen LogP contribution in [0.1, 0.15) is 104 Å². The summed E-state index contributed by atoms with van der Waals surface area (Å²) in [5, 5.41) is 20.2. The highest BCUT2D eigenvalue weighted by Crippen LogP contribution is 2.58. The predicted octanol–water partition coefficient (Wildman–Crippen LogP) is 5.89. The quantitative estimate of drug-likeness (QED) is 0.429. The summed E-state index contributed by atoms with van der Waals surface area (Å²) >= 11 is 0. The Balaban J connectivity index is 3.08. The Hall–Kier alpha value is -1.06. The summed E-state index contributed by atoms with van der Waals surface area (Å²) in [5.74, 6) is -1.82. The zero-order valence-corrected chi connectivity index (χ0v) is 16.5. The van der Waals surface area contributed by atoms with E-state index in [4.69, 9.17) is 0 Å². The Kier molecular flexibility index (Phi) is 8.95. The van der Waals surface area contributed by atoms with E-state index in [1.165, 1.54) is 6.42 Å². The fourth-order valence-corrected chi connectivity index (χ4v) is 4.96. The first-order chi connectivity index (χ1) is 11.9. The van der Waals surface area contributed by atoms with Crippen molar-refractivity contribution in [3.8, 4) is 0 Å². The number of hydrogen-bond donors (Lipinski definition) is 2. The Bertz CT molecular complexity index is 434. The van der Waals surface area contributed by atoms with Gasteiger partial charge in [-0.3, -0.25) is 9.59 Å². The molecule has 25 heavy (non-hydrogen) atoms. The molecule has 0 aromatic heterocycles. The maximum absolute atomic E-state index is 12.5. The van der Waals surface area contributed by atoms with Crippen LogP contribution in [0.4, 0.5) is 0 Å². The molecule has 0 aliphatic heterocycles. The molecule has 1 fully saturated rings. The third-order valence-electron chi connectivity index (χ3n) is 6.60. The Morgan fingerprint density at radius 3 is 2.04 bits per heavy atom. The SMILES string of the molecule is CCCCCCC1CCCC(C)(C(=O)O)C1(CCCCCC)C(=O)O. The van der Waals surface area contributed by atoms with Gasteiger partial charge in [0.05, 0.1) is 10.8 Å². The minimum atomic E-state index is -1.15. The van der Waals surface area contributed by atoms with Crippen LogP contribution in [-0.4, -0.2) is 22.2 Å². The van der Waals surface area contributed by atoms with Gasteiger partial charge < -0.3 is 10.2 Å². The van der Waals surface area contributed by atoms with Crippen molar-refractivity contribution in [2.75, 3.05) is 0 Å². The number of hydrogen-bond acceptors (Lipinski definition) is 2. The number of carboxylic acids is 2. The summed E-state index contributed by atoms with van der Waals surface area (Å²) in [6, 6.07) is 0. The fourth-order valence-electron chi connectivity index (χ4n) is 4.96. The molecule has 0 bridgehead atoms. The zero-order valence-electron chi connectivity index (χ0n) is 16.5. The Morgan fingerprint density at radius 2 is 1.52 bits per heavy atom. The van der Waals surface area contributed by atoms with Crippen LogP contribution in [0.2, 0.25) is 0 Å². The van der Waals surface area contributed by atoms with Crippen molar-refractivity contribution < 1.29 is 19.8 Å². The highest BCUT2D eigenvalue weighted by Gasteiger charge is 2.62. The third kappa shape index (κ3) is 4.77. The second-order valence-corrected chi connectivity index (χ2v) is 8.16. The molecule has 0 heterocycles. The number of carboxylic acid groups (broad SMARTS) is 2. The molecule has 4 heteroatoms. The van der Waals surface area contributed by atoms with Gasteiger partial charge in [0, 0.05) is 0 Å². The standard InChI is InChI=1S/C21H38O4/c1-4-6-8-10-13-17-14-12-15-20(3,18(22)23)21(17,19(24)25)16-11-9-7-5-2/h17H,4-16H2,1-3H3,(H,22,23)(H,24,25). The lowest BCUT2D eigenvalue weighted by molar-refractivity contribution is -0.187. The highest BCUT2D eigenvalue weighted by atomic mass is 16.4. The summed E-state index contributed by atoms with van der Waals surface area (Å²) in [7, 11) is 0. The molecule has 1 aliphatic carbocycles. The molecule has 0 radical (unpaired) electrons. The first kappa shape index (κ1) is 22.0. The van der Waals surface area contributed by atoms with Gasteiger partial charge in [0.1, 0.15) is 0 Å². The maximum atomic E-state index is 12.5. The summed E-state index contributed by atoms with van der Waals surface area (Å²) < 4.78 is 0. The van der Waals surface area contributed by atoms with E-state index in [2.05, 4.69) is 13.8 Å².